The predicted molar refractivity (Wildman–Crippen MR) is 63.6 cm³/mol. The summed E-state index contributed by atoms with van der Waals surface area (Å²) in [6, 6.07) is 1.84. The largest absolute Gasteiger partial charge is 0.481 e. The standard InChI is InChI=1S/C11H18N4O/c1-8-4-3-5-15(7-8)9-6-10(16-2)14-11(12)13-9/h6,8H,3-5,7H2,1-2H3,(H2,12,13,14). The Bertz CT molecular complexity index is 369. The van der Waals surface area contributed by atoms with Crippen molar-refractivity contribution in [2.45, 2.75) is 19.8 Å². The van der Waals surface area contributed by atoms with Crippen molar-refractivity contribution in [3.63, 3.8) is 0 Å². The van der Waals surface area contributed by atoms with Crippen LogP contribution in [0.2, 0.25) is 0 Å². The monoisotopic (exact) mass is 222 g/mol. The second-order valence-corrected chi connectivity index (χ2v) is 4.32. The highest BCUT2D eigenvalue weighted by atomic mass is 16.5. The maximum atomic E-state index is 5.65. The first kappa shape index (κ1) is 11.0. The van der Waals surface area contributed by atoms with Gasteiger partial charge in [-0.2, -0.15) is 9.97 Å². The van der Waals surface area contributed by atoms with Crippen LogP contribution in [0, 0.1) is 5.92 Å². The van der Waals surface area contributed by atoms with E-state index in [1.807, 2.05) is 6.07 Å². The molecule has 0 amide bonds. The summed E-state index contributed by atoms with van der Waals surface area (Å²) in [7, 11) is 1.59. The van der Waals surface area contributed by atoms with Crippen LogP contribution in [0.5, 0.6) is 5.88 Å². The molecule has 5 heteroatoms. The molecule has 16 heavy (non-hydrogen) atoms. The molecule has 0 aromatic carbocycles. The van der Waals surface area contributed by atoms with Gasteiger partial charge in [-0.15, -0.1) is 0 Å². The van der Waals surface area contributed by atoms with Crippen LogP contribution >= 0.6 is 0 Å². The van der Waals surface area contributed by atoms with Crippen LogP contribution in [0.3, 0.4) is 0 Å². The summed E-state index contributed by atoms with van der Waals surface area (Å²) in [5.41, 5.74) is 5.65. The lowest BCUT2D eigenvalue weighted by atomic mass is 10.0. The molecule has 2 N–H and O–H groups in total. The van der Waals surface area contributed by atoms with E-state index in [1.165, 1.54) is 12.8 Å². The zero-order chi connectivity index (χ0) is 11.5. The number of aromatic nitrogens is 2. The number of rotatable bonds is 2. The summed E-state index contributed by atoms with van der Waals surface area (Å²) in [6.07, 6.45) is 2.49. The molecule has 1 saturated heterocycles. The summed E-state index contributed by atoms with van der Waals surface area (Å²) < 4.78 is 5.10. The normalized spacial score (nSPS) is 20.9. The number of anilines is 2. The topological polar surface area (TPSA) is 64.3 Å². The van der Waals surface area contributed by atoms with Crippen molar-refractivity contribution in [3.8, 4) is 5.88 Å². The van der Waals surface area contributed by atoms with Crippen molar-refractivity contribution in [2.24, 2.45) is 5.92 Å². The van der Waals surface area contributed by atoms with E-state index in [2.05, 4.69) is 21.8 Å². The van der Waals surface area contributed by atoms with Crippen LogP contribution in [-0.4, -0.2) is 30.2 Å². The van der Waals surface area contributed by atoms with E-state index in [1.54, 1.807) is 7.11 Å². The molecule has 1 fully saturated rings. The molecular formula is C11H18N4O. The number of hydrogen-bond acceptors (Lipinski definition) is 5. The molecule has 0 aliphatic carbocycles. The summed E-state index contributed by atoms with van der Waals surface area (Å²) in [4.78, 5) is 10.5. The van der Waals surface area contributed by atoms with Gasteiger partial charge in [-0.3, -0.25) is 0 Å². The number of piperidine rings is 1. The summed E-state index contributed by atoms with van der Waals surface area (Å²) in [5, 5.41) is 0. The Kier molecular flexibility index (Phi) is 3.12. The molecule has 5 nitrogen and oxygen atoms in total. The van der Waals surface area contributed by atoms with E-state index in [4.69, 9.17) is 10.5 Å². The van der Waals surface area contributed by atoms with Crippen LogP contribution < -0.4 is 15.4 Å². The number of ether oxygens (including phenoxy) is 1. The number of nitrogens with two attached hydrogens (primary N) is 1. The fourth-order valence-corrected chi connectivity index (χ4v) is 2.09. The van der Waals surface area contributed by atoms with Crippen LogP contribution in [0.4, 0.5) is 11.8 Å². The zero-order valence-corrected chi connectivity index (χ0v) is 9.81. The quantitative estimate of drug-likeness (QED) is 0.817. The SMILES string of the molecule is COc1cc(N2CCCC(C)C2)nc(N)n1. The predicted octanol–water partition coefficient (Wildman–Crippen LogP) is 1.30. The zero-order valence-electron chi connectivity index (χ0n) is 9.81. The van der Waals surface area contributed by atoms with Gasteiger partial charge >= 0.3 is 0 Å². The van der Waals surface area contributed by atoms with Gasteiger partial charge in [0.15, 0.2) is 0 Å². The minimum absolute atomic E-state index is 0.271. The summed E-state index contributed by atoms with van der Waals surface area (Å²) in [6.45, 7) is 4.32. The average Bonchev–Trinajstić information content (AvgIpc) is 2.28. The Morgan fingerprint density at radius 3 is 3.00 bits per heavy atom. The molecule has 88 valence electrons. The number of hydrogen-bond donors (Lipinski definition) is 1. The van der Waals surface area contributed by atoms with Gasteiger partial charge in [0, 0.05) is 19.2 Å². The van der Waals surface area contributed by atoms with E-state index in [0.29, 0.717) is 11.8 Å². The lowest BCUT2D eigenvalue weighted by molar-refractivity contribution is 0.396. The van der Waals surface area contributed by atoms with Gasteiger partial charge in [-0.25, -0.2) is 0 Å². The van der Waals surface area contributed by atoms with Gasteiger partial charge in [-0.1, -0.05) is 6.92 Å². The highest BCUT2D eigenvalue weighted by molar-refractivity contribution is 5.45. The minimum atomic E-state index is 0.271. The van der Waals surface area contributed by atoms with Crippen molar-refractivity contribution < 1.29 is 4.74 Å². The molecule has 1 aliphatic heterocycles. The number of methoxy groups -OCH3 is 1. The molecule has 0 spiro atoms. The molecule has 0 radical (unpaired) electrons. The maximum absolute atomic E-state index is 5.65. The van der Waals surface area contributed by atoms with Gasteiger partial charge in [0.25, 0.3) is 0 Å². The first-order valence-corrected chi connectivity index (χ1v) is 5.62. The lowest BCUT2D eigenvalue weighted by Gasteiger charge is -2.31. The molecule has 0 saturated carbocycles. The smallest absolute Gasteiger partial charge is 0.225 e. The molecule has 0 bridgehead atoms. The minimum Gasteiger partial charge on any atom is -0.481 e. The molecule has 1 atom stereocenters. The number of nitrogens with zero attached hydrogens (tertiary/aromatic N) is 3. The molecule has 1 aliphatic rings. The molecule has 2 rings (SSSR count). The fourth-order valence-electron chi connectivity index (χ4n) is 2.09. The van der Waals surface area contributed by atoms with Gasteiger partial charge in [-0.05, 0) is 18.8 Å². The van der Waals surface area contributed by atoms with Crippen molar-refractivity contribution in [3.05, 3.63) is 6.07 Å². The highest BCUT2D eigenvalue weighted by Crippen LogP contribution is 2.24. The van der Waals surface area contributed by atoms with E-state index in [-0.39, 0.29) is 5.95 Å². The average molecular weight is 222 g/mol. The van der Waals surface area contributed by atoms with Crippen molar-refractivity contribution >= 4 is 11.8 Å². The third-order valence-corrected chi connectivity index (χ3v) is 2.90. The third kappa shape index (κ3) is 2.35. The van der Waals surface area contributed by atoms with E-state index < -0.39 is 0 Å². The maximum Gasteiger partial charge on any atom is 0.225 e. The van der Waals surface area contributed by atoms with Crippen molar-refractivity contribution in [1.29, 1.82) is 0 Å². The van der Waals surface area contributed by atoms with Gasteiger partial charge in [0.2, 0.25) is 11.8 Å². The van der Waals surface area contributed by atoms with E-state index in [0.717, 1.165) is 18.9 Å². The Balaban J connectivity index is 2.21. The number of nitrogen functional groups attached to an aromatic ring is 1. The summed E-state index contributed by atoms with van der Waals surface area (Å²) >= 11 is 0. The second-order valence-electron chi connectivity index (χ2n) is 4.32. The molecule has 1 aromatic heterocycles. The molecule has 1 aromatic rings. The molecule has 1 unspecified atom stereocenters. The Labute approximate surface area is 95.6 Å². The third-order valence-electron chi connectivity index (χ3n) is 2.90. The van der Waals surface area contributed by atoms with Crippen LogP contribution in [0.15, 0.2) is 6.07 Å². The lowest BCUT2D eigenvalue weighted by Crippen LogP contribution is -2.35. The second kappa shape index (κ2) is 4.55. The Morgan fingerprint density at radius 1 is 1.50 bits per heavy atom. The van der Waals surface area contributed by atoms with Gasteiger partial charge in [0.1, 0.15) is 5.82 Å². The summed E-state index contributed by atoms with van der Waals surface area (Å²) in [5.74, 6) is 2.38. The highest BCUT2D eigenvalue weighted by Gasteiger charge is 2.18. The first-order valence-electron chi connectivity index (χ1n) is 5.62. The molecular weight excluding hydrogens is 204 g/mol. The van der Waals surface area contributed by atoms with Crippen LogP contribution in [-0.2, 0) is 0 Å². The van der Waals surface area contributed by atoms with Gasteiger partial charge < -0.3 is 15.4 Å². The van der Waals surface area contributed by atoms with Crippen molar-refractivity contribution in [1.82, 2.24) is 9.97 Å². The Morgan fingerprint density at radius 2 is 2.31 bits per heavy atom. The van der Waals surface area contributed by atoms with E-state index in [9.17, 15) is 0 Å². The van der Waals surface area contributed by atoms with E-state index >= 15 is 0 Å². The molecule has 2 heterocycles. The van der Waals surface area contributed by atoms with Crippen LogP contribution in [0.1, 0.15) is 19.8 Å². The fraction of sp³-hybridized carbons (Fsp3) is 0.636. The Hall–Kier alpha value is -1.52. The van der Waals surface area contributed by atoms with Crippen molar-refractivity contribution in [2.75, 3.05) is 30.8 Å². The van der Waals surface area contributed by atoms with Crippen LogP contribution in [0.25, 0.3) is 0 Å². The van der Waals surface area contributed by atoms with Gasteiger partial charge in [0.05, 0.1) is 7.11 Å². The first-order chi connectivity index (χ1) is 7.69.